The number of hydrazone groups is 1. The number of nitrogens with one attached hydrogen (secondary N) is 1. The Bertz CT molecular complexity index is 893. The summed E-state index contributed by atoms with van der Waals surface area (Å²) < 4.78 is 12.9. The minimum atomic E-state index is -1.09. The first-order valence-corrected chi connectivity index (χ1v) is 8.28. The molecule has 148 valence electrons. The van der Waals surface area contributed by atoms with Crippen molar-refractivity contribution in [2.45, 2.75) is 20.8 Å². The van der Waals surface area contributed by atoms with Crippen LogP contribution in [0.3, 0.4) is 0 Å². The summed E-state index contributed by atoms with van der Waals surface area (Å²) in [5.41, 5.74) is 3.68. The van der Waals surface area contributed by atoms with Crippen LogP contribution in [-0.4, -0.2) is 44.3 Å². The summed E-state index contributed by atoms with van der Waals surface area (Å²) in [7, 11) is 0. The highest BCUT2D eigenvalue weighted by molar-refractivity contribution is 5.96. The number of carboxylic acids is 1. The first kappa shape index (κ1) is 20.9. The molecule has 0 bridgehead atoms. The lowest BCUT2D eigenvalue weighted by molar-refractivity contribution is 0.0696. The predicted octanol–water partition coefficient (Wildman–Crippen LogP) is 2.27. The highest BCUT2D eigenvalue weighted by Gasteiger charge is 2.26. The predicted molar refractivity (Wildman–Crippen MR) is 101 cm³/mol. The van der Waals surface area contributed by atoms with Gasteiger partial charge in [0.25, 0.3) is 0 Å². The monoisotopic (exact) mass is 388 g/mol. The third-order valence-electron chi connectivity index (χ3n) is 3.71. The van der Waals surface area contributed by atoms with Gasteiger partial charge in [-0.1, -0.05) is 32.9 Å². The van der Waals surface area contributed by atoms with Gasteiger partial charge in [-0.2, -0.15) is 5.10 Å². The number of nitrogens with two attached hydrogens (primary N) is 1. The van der Waals surface area contributed by atoms with Crippen molar-refractivity contribution in [1.29, 1.82) is 0 Å². The lowest BCUT2D eigenvalue weighted by Crippen LogP contribution is -2.52. The van der Waals surface area contributed by atoms with Crippen LogP contribution < -0.4 is 11.3 Å². The van der Waals surface area contributed by atoms with E-state index in [1.54, 1.807) is 12.1 Å². The van der Waals surface area contributed by atoms with Gasteiger partial charge >= 0.3 is 12.0 Å². The Balaban J connectivity index is 0.000000209. The number of urea groups is 1. The highest BCUT2D eigenvalue weighted by Crippen LogP contribution is 2.17. The van der Waals surface area contributed by atoms with Crippen LogP contribution in [0.25, 0.3) is 11.4 Å². The van der Waals surface area contributed by atoms with E-state index in [1.807, 2.05) is 20.8 Å². The number of hydrogen-bond donors (Lipinski definition) is 3. The van der Waals surface area contributed by atoms with Crippen LogP contribution in [0, 0.1) is 11.2 Å². The van der Waals surface area contributed by atoms with Gasteiger partial charge in [0.05, 0.1) is 17.8 Å². The van der Waals surface area contributed by atoms with Crippen LogP contribution in [0.5, 0.6) is 0 Å². The Labute approximate surface area is 161 Å². The molecule has 2 aromatic rings. The number of carbonyl (C=O) groups excluding carboxylic acids is 1. The topological polar surface area (TPSA) is 134 Å². The van der Waals surface area contributed by atoms with Gasteiger partial charge in [-0.25, -0.2) is 35.2 Å². The number of benzene rings is 1. The Kier molecular flexibility index (Phi) is 6.37. The van der Waals surface area contributed by atoms with Gasteiger partial charge in [-0.05, 0) is 12.1 Å². The van der Waals surface area contributed by atoms with Crippen molar-refractivity contribution >= 4 is 17.7 Å². The van der Waals surface area contributed by atoms with Crippen molar-refractivity contribution in [1.82, 2.24) is 20.4 Å². The number of carboxylic acid groups (broad SMARTS) is 1. The molecule has 2 heterocycles. The number of rotatable bonds is 2. The molecular formula is C18H21FN6O3. The van der Waals surface area contributed by atoms with E-state index in [0.717, 1.165) is 10.7 Å². The molecule has 0 aliphatic carbocycles. The molecule has 0 fully saturated rings. The zero-order valence-corrected chi connectivity index (χ0v) is 15.7. The van der Waals surface area contributed by atoms with Gasteiger partial charge in [0.1, 0.15) is 5.82 Å². The number of aromatic nitrogens is 2. The second-order valence-electron chi connectivity index (χ2n) is 6.96. The first-order chi connectivity index (χ1) is 13.1. The summed E-state index contributed by atoms with van der Waals surface area (Å²) in [5.74, 6) is 4.22. The van der Waals surface area contributed by atoms with E-state index in [-0.39, 0.29) is 22.8 Å². The fourth-order valence-corrected chi connectivity index (χ4v) is 2.07. The zero-order valence-electron chi connectivity index (χ0n) is 15.7. The Morgan fingerprint density at radius 1 is 1.29 bits per heavy atom. The van der Waals surface area contributed by atoms with Gasteiger partial charge in [-0.15, -0.1) is 0 Å². The smallest absolute Gasteiger partial charge is 0.352 e. The van der Waals surface area contributed by atoms with Crippen molar-refractivity contribution in [2.75, 3.05) is 6.54 Å². The summed E-state index contributed by atoms with van der Waals surface area (Å²) in [4.78, 5) is 29.1. The second kappa shape index (κ2) is 8.53. The van der Waals surface area contributed by atoms with Crippen LogP contribution >= 0.6 is 0 Å². The molecule has 9 nitrogen and oxygen atoms in total. The molecule has 0 saturated carbocycles. The molecule has 0 spiro atoms. The van der Waals surface area contributed by atoms with E-state index in [4.69, 9.17) is 10.9 Å². The van der Waals surface area contributed by atoms with Gasteiger partial charge in [0, 0.05) is 23.4 Å². The Morgan fingerprint density at radius 2 is 1.93 bits per heavy atom. The van der Waals surface area contributed by atoms with Gasteiger partial charge in [0.2, 0.25) is 0 Å². The standard InChI is InChI=1S/C11H7FN2O2.C7H14N4O/c12-9-3-1-2-7(4-9)10-13-5-8(6-14-10)11(15)16;1-7(2,3)5-4-11(8)6(12)10-9-5/h1-6H,(H,15,16);4,8H2,1-3H3,(H,10,12). The molecule has 1 aromatic heterocycles. The average Bonchev–Trinajstić information content (AvgIpc) is 2.64. The van der Waals surface area contributed by atoms with E-state index in [9.17, 15) is 14.0 Å². The lowest BCUT2D eigenvalue weighted by atomic mass is 9.89. The fourth-order valence-electron chi connectivity index (χ4n) is 2.07. The molecule has 4 N–H and O–H groups in total. The summed E-state index contributed by atoms with van der Waals surface area (Å²) in [5, 5.41) is 13.7. The SMILES string of the molecule is CC(C)(C)C1=NNC(=O)N(N)C1.O=C(O)c1cnc(-c2cccc(F)c2)nc1. The van der Waals surface area contributed by atoms with Crippen molar-refractivity contribution in [3.8, 4) is 11.4 Å². The molecule has 0 unspecified atom stereocenters. The molecule has 0 radical (unpaired) electrons. The number of carbonyl (C=O) groups is 2. The van der Waals surface area contributed by atoms with E-state index >= 15 is 0 Å². The maximum atomic E-state index is 12.9. The van der Waals surface area contributed by atoms with Crippen LogP contribution in [0.4, 0.5) is 9.18 Å². The summed E-state index contributed by atoms with van der Waals surface area (Å²) in [6, 6.07) is 5.44. The normalized spacial score (nSPS) is 13.8. The van der Waals surface area contributed by atoms with Crippen LogP contribution in [-0.2, 0) is 0 Å². The number of nitrogens with zero attached hydrogens (tertiary/aromatic N) is 4. The second-order valence-corrected chi connectivity index (χ2v) is 6.96. The molecule has 2 amide bonds. The molecule has 1 aliphatic rings. The van der Waals surface area contributed by atoms with E-state index in [2.05, 4.69) is 20.5 Å². The highest BCUT2D eigenvalue weighted by atomic mass is 19.1. The van der Waals surface area contributed by atoms with Crippen molar-refractivity contribution in [3.05, 3.63) is 48.0 Å². The van der Waals surface area contributed by atoms with E-state index in [1.165, 1.54) is 24.5 Å². The number of aromatic carboxylic acids is 1. The van der Waals surface area contributed by atoms with Crippen molar-refractivity contribution in [3.63, 3.8) is 0 Å². The quantitative estimate of drug-likeness (QED) is 0.534. The minimum absolute atomic E-state index is 0.000142. The van der Waals surface area contributed by atoms with Gasteiger partial charge in [0.15, 0.2) is 5.82 Å². The molecule has 0 saturated heterocycles. The maximum Gasteiger partial charge on any atom is 0.352 e. The number of halogens is 1. The summed E-state index contributed by atoms with van der Waals surface area (Å²) in [6.07, 6.45) is 2.38. The molecule has 10 heteroatoms. The van der Waals surface area contributed by atoms with Crippen molar-refractivity contribution < 1.29 is 19.1 Å². The van der Waals surface area contributed by atoms with Gasteiger partial charge in [-0.3, -0.25) is 5.01 Å². The molecule has 1 aliphatic heterocycles. The van der Waals surface area contributed by atoms with Crippen molar-refractivity contribution in [2.24, 2.45) is 16.4 Å². The lowest BCUT2D eigenvalue weighted by Gasteiger charge is -2.28. The number of hydrogen-bond acceptors (Lipinski definition) is 6. The number of amides is 2. The molecule has 0 atom stereocenters. The summed E-state index contributed by atoms with van der Waals surface area (Å²) >= 11 is 0. The molecule has 28 heavy (non-hydrogen) atoms. The Morgan fingerprint density at radius 3 is 2.43 bits per heavy atom. The molecule has 3 rings (SSSR count). The third-order valence-corrected chi connectivity index (χ3v) is 3.71. The van der Waals surface area contributed by atoms with E-state index in [0.29, 0.717) is 17.9 Å². The third kappa shape index (κ3) is 5.55. The average molecular weight is 388 g/mol. The Hall–Kier alpha value is -3.40. The van der Waals surface area contributed by atoms with Crippen LogP contribution in [0.2, 0.25) is 0 Å². The number of hydrazine groups is 1. The largest absolute Gasteiger partial charge is 0.478 e. The van der Waals surface area contributed by atoms with E-state index < -0.39 is 5.97 Å². The van der Waals surface area contributed by atoms with Crippen LogP contribution in [0.15, 0.2) is 41.8 Å². The summed E-state index contributed by atoms with van der Waals surface area (Å²) in [6.45, 7) is 6.47. The molecular weight excluding hydrogens is 367 g/mol. The fraction of sp³-hybridized carbons (Fsp3) is 0.278. The maximum absolute atomic E-state index is 12.9. The zero-order chi connectivity index (χ0) is 20.9. The first-order valence-electron chi connectivity index (χ1n) is 8.28. The van der Waals surface area contributed by atoms with Gasteiger partial charge < -0.3 is 5.11 Å². The minimum Gasteiger partial charge on any atom is -0.478 e. The van der Waals surface area contributed by atoms with Crippen LogP contribution in [0.1, 0.15) is 31.1 Å². The molecule has 1 aromatic carbocycles.